The molecular weight excluding hydrogens is 622 g/mol. The van der Waals surface area contributed by atoms with E-state index >= 15 is 0 Å². The first kappa shape index (κ1) is 36.5. The Labute approximate surface area is 290 Å². The molecule has 3 fully saturated rings. The molecule has 3 atom stereocenters. The predicted octanol–water partition coefficient (Wildman–Crippen LogP) is 4.69. The number of hydroxylamine groups is 2. The largest absolute Gasteiger partial charge is 0.508 e. The Balaban J connectivity index is 1.40. The molecule has 3 aliphatic heterocycles. The van der Waals surface area contributed by atoms with E-state index in [0.717, 1.165) is 56.4 Å². The molecule has 3 saturated heterocycles. The van der Waals surface area contributed by atoms with Crippen LogP contribution in [0.4, 0.5) is 0 Å². The normalized spacial score (nSPS) is 22.8. The summed E-state index contributed by atoms with van der Waals surface area (Å²) in [5.41, 5.74) is 1.98. The van der Waals surface area contributed by atoms with E-state index < -0.39 is 24.2 Å². The van der Waals surface area contributed by atoms with Crippen LogP contribution in [-0.2, 0) is 19.2 Å². The lowest BCUT2D eigenvalue weighted by molar-refractivity contribution is -0.276. The highest BCUT2D eigenvalue weighted by Crippen LogP contribution is 2.36. The standard InChI is InChI=1S/C38H53N5O6/c1-26(2)21-33-37(48)42-32(23-38(3,4)5)36(47)41(30-15-18-40(19-16-30)17-6-7-20-44)25-34(42)43(49-33)35(46)14-13-29-12-11-28(24-39-29)27-9-8-10-31(45)22-27/h8-14,22,24,26,30,32-34,44-45H,6-7,15-21,23,25H2,1-5H3/b14-13+/t32-,33+,34-/m0/s1. The average molecular weight is 676 g/mol. The van der Waals surface area contributed by atoms with Crippen LogP contribution < -0.4 is 0 Å². The van der Waals surface area contributed by atoms with Crippen molar-refractivity contribution < 1.29 is 29.4 Å². The molecule has 0 unspecified atom stereocenters. The van der Waals surface area contributed by atoms with Crippen LogP contribution in [0.3, 0.4) is 0 Å². The van der Waals surface area contributed by atoms with E-state index in [1.807, 2.05) is 30.9 Å². The minimum atomic E-state index is -0.878. The molecule has 266 valence electrons. The highest BCUT2D eigenvalue weighted by molar-refractivity contribution is 5.95. The number of aromatic hydroxyl groups is 1. The number of phenolic OH excluding ortho intramolecular Hbond substituents is 1. The van der Waals surface area contributed by atoms with Gasteiger partial charge in [-0.05, 0) is 86.2 Å². The molecule has 3 aliphatic rings. The number of piperazine rings is 1. The zero-order valence-corrected chi connectivity index (χ0v) is 29.6. The number of rotatable bonds is 11. The van der Waals surface area contributed by atoms with Crippen LogP contribution in [0.2, 0.25) is 0 Å². The Morgan fingerprint density at radius 3 is 2.45 bits per heavy atom. The number of carbonyl (C=O) groups excluding carboxylic acids is 3. The Bertz CT molecular complexity index is 1480. The maximum Gasteiger partial charge on any atom is 0.272 e. The molecule has 0 spiro atoms. The zero-order valence-electron chi connectivity index (χ0n) is 29.6. The number of phenols is 1. The van der Waals surface area contributed by atoms with E-state index in [2.05, 4.69) is 30.7 Å². The molecule has 0 saturated carbocycles. The van der Waals surface area contributed by atoms with Gasteiger partial charge in [-0.2, -0.15) is 5.06 Å². The quantitative estimate of drug-likeness (QED) is 0.260. The fraction of sp³-hybridized carbons (Fsp3) is 0.579. The Morgan fingerprint density at radius 1 is 1.06 bits per heavy atom. The van der Waals surface area contributed by atoms with Gasteiger partial charge in [-0.1, -0.05) is 52.8 Å². The first-order valence-corrected chi connectivity index (χ1v) is 17.7. The lowest BCUT2D eigenvalue weighted by Gasteiger charge is -2.55. The number of hydrogen-bond donors (Lipinski definition) is 2. The van der Waals surface area contributed by atoms with E-state index in [1.165, 1.54) is 11.1 Å². The van der Waals surface area contributed by atoms with Gasteiger partial charge in [0.15, 0.2) is 12.3 Å². The summed E-state index contributed by atoms with van der Waals surface area (Å²) in [5, 5.41) is 20.4. The number of aliphatic hydroxyl groups excluding tert-OH is 1. The zero-order chi connectivity index (χ0) is 35.3. The number of pyridine rings is 1. The van der Waals surface area contributed by atoms with Crippen molar-refractivity contribution >= 4 is 23.8 Å². The van der Waals surface area contributed by atoms with Crippen LogP contribution in [0.5, 0.6) is 5.75 Å². The maximum absolute atomic E-state index is 14.4. The van der Waals surface area contributed by atoms with Gasteiger partial charge in [0.05, 0.1) is 12.2 Å². The summed E-state index contributed by atoms with van der Waals surface area (Å²) < 4.78 is 0. The monoisotopic (exact) mass is 675 g/mol. The number of fused-ring (bicyclic) bond motifs is 1. The van der Waals surface area contributed by atoms with Crippen LogP contribution in [-0.4, -0.2) is 110 Å². The Kier molecular flexibility index (Phi) is 11.8. The molecule has 2 N–H and O–H groups in total. The molecule has 3 amide bonds. The Hall–Kier alpha value is -3.80. The molecular formula is C38H53N5O6. The minimum Gasteiger partial charge on any atom is -0.508 e. The highest BCUT2D eigenvalue weighted by Gasteiger charge is 2.54. The molecule has 2 aromatic rings. The lowest BCUT2D eigenvalue weighted by Crippen LogP contribution is -2.74. The van der Waals surface area contributed by atoms with Crippen LogP contribution in [0.25, 0.3) is 17.2 Å². The summed E-state index contributed by atoms with van der Waals surface area (Å²) in [6, 6.07) is 9.90. The van der Waals surface area contributed by atoms with Gasteiger partial charge in [0.1, 0.15) is 11.8 Å². The average Bonchev–Trinajstić information content (AvgIpc) is 3.06. The van der Waals surface area contributed by atoms with Crippen molar-refractivity contribution in [3.8, 4) is 16.9 Å². The van der Waals surface area contributed by atoms with Crippen molar-refractivity contribution in [2.24, 2.45) is 11.3 Å². The van der Waals surface area contributed by atoms with Crippen molar-refractivity contribution in [1.29, 1.82) is 0 Å². The summed E-state index contributed by atoms with van der Waals surface area (Å²) in [7, 11) is 0. The topological polar surface area (TPSA) is 127 Å². The number of hydrogen-bond acceptors (Lipinski definition) is 8. The second-order valence-corrected chi connectivity index (χ2v) is 15.2. The molecule has 49 heavy (non-hydrogen) atoms. The number of benzene rings is 1. The van der Waals surface area contributed by atoms with Crippen LogP contribution in [0.15, 0.2) is 48.7 Å². The molecule has 4 heterocycles. The van der Waals surface area contributed by atoms with Gasteiger partial charge in [-0.15, -0.1) is 0 Å². The third-order valence-electron chi connectivity index (χ3n) is 9.58. The van der Waals surface area contributed by atoms with E-state index in [4.69, 9.17) is 4.84 Å². The smallest absolute Gasteiger partial charge is 0.272 e. The fourth-order valence-electron chi connectivity index (χ4n) is 7.14. The summed E-state index contributed by atoms with van der Waals surface area (Å²) >= 11 is 0. The predicted molar refractivity (Wildman–Crippen MR) is 188 cm³/mol. The number of piperidine rings is 1. The van der Waals surface area contributed by atoms with Crippen LogP contribution in [0.1, 0.15) is 78.8 Å². The maximum atomic E-state index is 14.4. The molecule has 11 heteroatoms. The molecule has 1 aromatic carbocycles. The fourth-order valence-corrected chi connectivity index (χ4v) is 7.14. The van der Waals surface area contributed by atoms with E-state index in [1.54, 1.807) is 41.4 Å². The van der Waals surface area contributed by atoms with Gasteiger partial charge in [-0.3, -0.25) is 24.2 Å². The lowest BCUT2D eigenvalue weighted by atomic mass is 9.84. The first-order valence-electron chi connectivity index (χ1n) is 17.7. The molecule has 0 radical (unpaired) electrons. The van der Waals surface area contributed by atoms with Gasteiger partial charge in [0.2, 0.25) is 5.91 Å². The number of amides is 3. The van der Waals surface area contributed by atoms with E-state index in [9.17, 15) is 24.6 Å². The molecule has 5 rings (SSSR count). The van der Waals surface area contributed by atoms with Gasteiger partial charge >= 0.3 is 0 Å². The molecule has 0 aliphatic carbocycles. The third-order valence-corrected chi connectivity index (χ3v) is 9.58. The number of nitrogens with zero attached hydrogens (tertiary/aromatic N) is 5. The summed E-state index contributed by atoms with van der Waals surface area (Å²) in [4.78, 5) is 59.2. The van der Waals surface area contributed by atoms with Gasteiger partial charge in [0, 0.05) is 43.6 Å². The van der Waals surface area contributed by atoms with Gasteiger partial charge < -0.3 is 24.9 Å². The number of likely N-dealkylation sites (tertiary alicyclic amines) is 1. The second-order valence-electron chi connectivity index (χ2n) is 15.2. The van der Waals surface area contributed by atoms with Crippen LogP contribution in [0, 0.1) is 11.3 Å². The van der Waals surface area contributed by atoms with E-state index in [-0.39, 0.29) is 48.1 Å². The third kappa shape index (κ3) is 9.06. The SMILES string of the molecule is CC(C)C[C@H]1ON(C(=O)/C=C/c2ccc(-c3cccc(O)c3)cn2)[C@H]2CN(C3CCN(CCCCO)CC3)C(=O)[C@H](CC(C)(C)C)N2C1=O. The van der Waals surface area contributed by atoms with Crippen molar-refractivity contribution in [2.45, 2.75) is 97.5 Å². The van der Waals surface area contributed by atoms with E-state index in [0.29, 0.717) is 18.5 Å². The minimum absolute atomic E-state index is 0.00330. The van der Waals surface area contributed by atoms with Crippen molar-refractivity contribution in [3.63, 3.8) is 0 Å². The molecule has 0 bridgehead atoms. The Morgan fingerprint density at radius 2 is 1.82 bits per heavy atom. The van der Waals surface area contributed by atoms with Crippen molar-refractivity contribution in [3.05, 3.63) is 54.4 Å². The number of unbranched alkanes of at least 4 members (excludes halogenated alkanes) is 1. The highest BCUT2D eigenvalue weighted by atomic mass is 16.7. The van der Waals surface area contributed by atoms with Crippen molar-refractivity contribution in [2.75, 3.05) is 32.8 Å². The van der Waals surface area contributed by atoms with Crippen LogP contribution >= 0.6 is 0 Å². The van der Waals surface area contributed by atoms with Gasteiger partial charge in [0.25, 0.3) is 11.8 Å². The number of carbonyl (C=O) groups is 3. The number of aliphatic hydroxyl groups is 1. The molecule has 1 aromatic heterocycles. The molecule has 11 nitrogen and oxygen atoms in total. The van der Waals surface area contributed by atoms with Crippen molar-refractivity contribution in [1.82, 2.24) is 24.7 Å². The first-order chi connectivity index (χ1) is 23.3. The summed E-state index contributed by atoms with van der Waals surface area (Å²) in [6.07, 6.45) is 7.31. The number of aromatic nitrogens is 1. The van der Waals surface area contributed by atoms with Gasteiger partial charge in [-0.25, -0.2) is 0 Å². The second kappa shape index (κ2) is 15.8. The summed E-state index contributed by atoms with van der Waals surface area (Å²) in [6.45, 7) is 13.2. The summed E-state index contributed by atoms with van der Waals surface area (Å²) in [5.74, 6) is -0.408.